The zero-order valence-electron chi connectivity index (χ0n) is 13.4. The summed E-state index contributed by atoms with van der Waals surface area (Å²) in [7, 11) is 0. The Morgan fingerprint density at radius 3 is 2.69 bits per heavy atom. The van der Waals surface area contributed by atoms with Crippen LogP contribution in [0.5, 0.6) is 5.88 Å². The first-order chi connectivity index (χ1) is 12.2. The van der Waals surface area contributed by atoms with Crippen molar-refractivity contribution in [2.75, 3.05) is 0 Å². The van der Waals surface area contributed by atoms with Crippen molar-refractivity contribution in [3.63, 3.8) is 0 Å². The van der Waals surface area contributed by atoms with E-state index in [1.165, 1.54) is 19.2 Å². The van der Waals surface area contributed by atoms with Gasteiger partial charge in [-0.15, -0.1) is 13.2 Å². The Morgan fingerprint density at radius 2 is 2.08 bits per heavy atom. The molecule has 0 aliphatic carbocycles. The van der Waals surface area contributed by atoms with Crippen molar-refractivity contribution in [3.8, 4) is 17.0 Å². The van der Waals surface area contributed by atoms with Crippen LogP contribution < -0.4 is 10.1 Å². The third-order valence-electron chi connectivity index (χ3n) is 3.56. The summed E-state index contributed by atoms with van der Waals surface area (Å²) in [5.41, 5.74) is 2.73. The van der Waals surface area contributed by atoms with Gasteiger partial charge in [0.1, 0.15) is 0 Å². The number of pyridine rings is 1. The number of benzene rings is 1. The summed E-state index contributed by atoms with van der Waals surface area (Å²) in [5.74, 6) is -0.689. The number of aromatic amines is 1. The summed E-state index contributed by atoms with van der Waals surface area (Å²) < 4.78 is 40.4. The van der Waals surface area contributed by atoms with Crippen LogP contribution in [-0.4, -0.2) is 22.2 Å². The summed E-state index contributed by atoms with van der Waals surface area (Å²) in [4.78, 5) is 17.8. The molecule has 3 aromatic rings. The molecule has 0 saturated carbocycles. The molecule has 0 unspecified atom stereocenters. The van der Waals surface area contributed by atoms with Crippen molar-refractivity contribution >= 4 is 28.4 Å². The number of aromatic nitrogens is 2. The Bertz CT molecular complexity index is 952. The van der Waals surface area contributed by atoms with Crippen LogP contribution in [0.3, 0.4) is 0 Å². The van der Waals surface area contributed by atoms with Gasteiger partial charge < -0.3 is 15.0 Å². The van der Waals surface area contributed by atoms with Crippen LogP contribution in [0.15, 0.2) is 36.5 Å². The van der Waals surface area contributed by atoms with Crippen molar-refractivity contribution < 1.29 is 22.7 Å². The van der Waals surface area contributed by atoms with Gasteiger partial charge in [0.15, 0.2) is 0 Å². The summed E-state index contributed by atoms with van der Waals surface area (Å²) in [6, 6.07) is 7.94. The van der Waals surface area contributed by atoms with Gasteiger partial charge in [-0.25, -0.2) is 4.98 Å². The van der Waals surface area contributed by atoms with Crippen molar-refractivity contribution in [1.82, 2.24) is 15.3 Å². The molecule has 0 aliphatic heterocycles. The van der Waals surface area contributed by atoms with Crippen LogP contribution >= 0.6 is 11.6 Å². The molecule has 26 heavy (non-hydrogen) atoms. The van der Waals surface area contributed by atoms with Crippen LogP contribution in [0.2, 0.25) is 5.02 Å². The Labute approximate surface area is 151 Å². The van der Waals surface area contributed by atoms with E-state index in [0.29, 0.717) is 22.7 Å². The van der Waals surface area contributed by atoms with E-state index in [1.807, 2.05) is 6.07 Å². The van der Waals surface area contributed by atoms with E-state index in [-0.39, 0.29) is 5.91 Å². The average Bonchev–Trinajstić information content (AvgIpc) is 2.93. The molecule has 0 fully saturated rings. The van der Waals surface area contributed by atoms with Crippen LogP contribution in [-0.2, 0) is 11.3 Å². The van der Waals surface area contributed by atoms with E-state index in [0.717, 1.165) is 22.7 Å². The standard InChI is InChI=1S/C17H13ClF3N3O2/c1-9(25)22-8-12-4-11-5-14(18)13(6-15(11)24-12)10-2-3-16(23-7-10)26-17(19,20)21/h2-7,24H,8H2,1H3,(H,22,25). The normalized spacial score (nSPS) is 11.6. The number of fused-ring (bicyclic) bond motifs is 1. The molecule has 2 N–H and O–H groups in total. The molecule has 3 rings (SSSR count). The number of hydrogen-bond acceptors (Lipinski definition) is 3. The first-order valence-corrected chi connectivity index (χ1v) is 7.87. The smallest absolute Gasteiger partial charge is 0.388 e. The van der Waals surface area contributed by atoms with Crippen LogP contribution in [0, 0.1) is 0 Å². The SMILES string of the molecule is CC(=O)NCc1cc2cc(Cl)c(-c3ccc(OC(F)(F)F)nc3)cc2[nH]1. The third kappa shape index (κ3) is 4.26. The van der Waals surface area contributed by atoms with E-state index in [1.54, 1.807) is 12.1 Å². The molecule has 2 aromatic heterocycles. The molecule has 5 nitrogen and oxygen atoms in total. The van der Waals surface area contributed by atoms with Crippen molar-refractivity contribution in [3.05, 3.63) is 47.2 Å². The summed E-state index contributed by atoms with van der Waals surface area (Å²) in [6.45, 7) is 1.78. The molecule has 1 aromatic carbocycles. The van der Waals surface area contributed by atoms with Gasteiger partial charge in [-0.1, -0.05) is 11.6 Å². The molecule has 0 spiro atoms. The number of nitrogens with one attached hydrogen (secondary N) is 2. The largest absolute Gasteiger partial charge is 0.574 e. The lowest BCUT2D eigenvalue weighted by molar-refractivity contribution is -0.276. The second kappa shape index (κ2) is 6.87. The van der Waals surface area contributed by atoms with Crippen LogP contribution in [0.1, 0.15) is 12.6 Å². The highest BCUT2D eigenvalue weighted by atomic mass is 35.5. The Kier molecular flexibility index (Phi) is 4.78. The van der Waals surface area contributed by atoms with Gasteiger partial charge in [-0.05, 0) is 24.3 Å². The first-order valence-electron chi connectivity index (χ1n) is 7.49. The van der Waals surface area contributed by atoms with E-state index < -0.39 is 12.2 Å². The molecule has 136 valence electrons. The Morgan fingerprint density at radius 1 is 1.31 bits per heavy atom. The van der Waals surface area contributed by atoms with Gasteiger partial charge in [0.05, 0.1) is 6.54 Å². The fourth-order valence-corrected chi connectivity index (χ4v) is 2.75. The highest BCUT2D eigenvalue weighted by Crippen LogP contribution is 2.33. The van der Waals surface area contributed by atoms with E-state index in [9.17, 15) is 18.0 Å². The van der Waals surface area contributed by atoms with Gasteiger partial charge in [0.2, 0.25) is 11.8 Å². The number of amides is 1. The van der Waals surface area contributed by atoms with Gasteiger partial charge in [-0.3, -0.25) is 4.79 Å². The maximum absolute atomic E-state index is 12.2. The highest BCUT2D eigenvalue weighted by molar-refractivity contribution is 6.34. The first kappa shape index (κ1) is 18.1. The molecule has 0 aliphatic rings. The maximum atomic E-state index is 12.2. The van der Waals surface area contributed by atoms with E-state index in [2.05, 4.69) is 20.0 Å². The minimum atomic E-state index is -4.79. The zero-order valence-corrected chi connectivity index (χ0v) is 14.2. The fourth-order valence-electron chi connectivity index (χ4n) is 2.47. The van der Waals surface area contributed by atoms with E-state index >= 15 is 0 Å². The lowest BCUT2D eigenvalue weighted by Gasteiger charge is -2.09. The molecule has 1 amide bonds. The van der Waals surface area contributed by atoms with Crippen molar-refractivity contribution in [2.24, 2.45) is 0 Å². The predicted molar refractivity (Wildman–Crippen MR) is 90.7 cm³/mol. The van der Waals surface area contributed by atoms with Gasteiger partial charge in [0.25, 0.3) is 0 Å². The molecular formula is C17H13ClF3N3O2. The van der Waals surface area contributed by atoms with Crippen molar-refractivity contribution in [2.45, 2.75) is 19.8 Å². The van der Waals surface area contributed by atoms with Gasteiger partial charge in [-0.2, -0.15) is 0 Å². The number of rotatable bonds is 4. The minimum Gasteiger partial charge on any atom is -0.388 e. The molecular weight excluding hydrogens is 371 g/mol. The number of nitrogens with zero attached hydrogens (tertiary/aromatic N) is 1. The summed E-state index contributed by atoms with van der Waals surface area (Å²) in [5, 5.41) is 3.97. The Hall–Kier alpha value is -2.74. The molecule has 0 atom stereocenters. The van der Waals surface area contributed by atoms with Gasteiger partial charge in [0, 0.05) is 51.9 Å². The van der Waals surface area contributed by atoms with E-state index in [4.69, 9.17) is 11.6 Å². The molecule has 0 bridgehead atoms. The topological polar surface area (TPSA) is 67.0 Å². The minimum absolute atomic E-state index is 0.144. The lowest BCUT2D eigenvalue weighted by Crippen LogP contribution is -2.18. The quantitative estimate of drug-likeness (QED) is 0.701. The number of ether oxygens (including phenoxy) is 1. The number of H-pyrrole nitrogens is 1. The molecule has 2 heterocycles. The predicted octanol–water partition coefficient (Wildman–Crippen LogP) is 4.42. The number of halogens is 4. The summed E-state index contributed by atoms with van der Waals surface area (Å²) >= 11 is 6.30. The third-order valence-corrected chi connectivity index (χ3v) is 3.87. The van der Waals surface area contributed by atoms with Crippen molar-refractivity contribution in [1.29, 1.82) is 0 Å². The van der Waals surface area contributed by atoms with Crippen LogP contribution in [0.4, 0.5) is 13.2 Å². The number of hydrogen-bond donors (Lipinski definition) is 2. The second-order valence-corrected chi connectivity index (χ2v) is 5.96. The molecule has 0 radical (unpaired) electrons. The average molecular weight is 384 g/mol. The monoisotopic (exact) mass is 383 g/mol. The molecule has 9 heteroatoms. The number of carbonyl (C=O) groups excluding carboxylic acids is 1. The number of carbonyl (C=O) groups is 1. The maximum Gasteiger partial charge on any atom is 0.574 e. The van der Waals surface area contributed by atoms with Crippen LogP contribution in [0.25, 0.3) is 22.0 Å². The Balaban J connectivity index is 1.89. The lowest BCUT2D eigenvalue weighted by atomic mass is 10.1. The second-order valence-electron chi connectivity index (χ2n) is 5.56. The number of alkyl halides is 3. The fraction of sp³-hybridized carbons (Fsp3) is 0.176. The van der Waals surface area contributed by atoms with Gasteiger partial charge >= 0.3 is 6.36 Å². The zero-order chi connectivity index (χ0) is 18.9. The molecule has 0 saturated heterocycles. The highest BCUT2D eigenvalue weighted by Gasteiger charge is 2.31. The summed E-state index contributed by atoms with van der Waals surface area (Å²) in [6.07, 6.45) is -3.53.